The fourth-order valence-electron chi connectivity index (χ4n) is 4.03. The molecule has 0 saturated carbocycles. The second-order valence-corrected chi connectivity index (χ2v) is 8.20. The molecule has 0 fully saturated rings. The van der Waals surface area contributed by atoms with Gasteiger partial charge in [0.05, 0.1) is 24.1 Å². The number of carbonyl (C=O) groups is 2. The van der Waals surface area contributed by atoms with Gasteiger partial charge in [-0.25, -0.2) is 9.37 Å². The van der Waals surface area contributed by atoms with Crippen LogP contribution in [0.5, 0.6) is 0 Å². The fraction of sp³-hybridized carbons (Fsp3) is 0.222. The molecule has 8 heteroatoms. The highest BCUT2D eigenvalue weighted by atomic mass is 19.1. The smallest absolute Gasteiger partial charge is 0.255 e. The van der Waals surface area contributed by atoms with E-state index in [0.29, 0.717) is 24.3 Å². The molecule has 2 amide bonds. The molecule has 180 valence electrons. The van der Waals surface area contributed by atoms with E-state index in [9.17, 15) is 14.0 Å². The number of benzene rings is 3. The van der Waals surface area contributed by atoms with Crippen LogP contribution in [-0.2, 0) is 11.2 Å². The van der Waals surface area contributed by atoms with Gasteiger partial charge in [-0.05, 0) is 74.0 Å². The van der Waals surface area contributed by atoms with Gasteiger partial charge in [0.2, 0.25) is 5.91 Å². The predicted octanol–water partition coefficient (Wildman–Crippen LogP) is 4.11. The Bertz CT molecular complexity index is 1350. The molecule has 7 nitrogen and oxygen atoms in total. The highest BCUT2D eigenvalue weighted by Gasteiger charge is 2.15. The van der Waals surface area contributed by atoms with Crippen molar-refractivity contribution in [3.63, 3.8) is 0 Å². The van der Waals surface area contributed by atoms with Crippen molar-refractivity contribution in [3.8, 4) is 5.69 Å². The van der Waals surface area contributed by atoms with Crippen LogP contribution in [0.2, 0.25) is 0 Å². The SMILES string of the molecule is CCN(CCO)C(=O)Cc1ccc(NC(=O)c2ccc3nc(C)n(-c4ccc(F)cc4)c3c2)cc1. The summed E-state index contributed by atoms with van der Waals surface area (Å²) in [5, 5.41) is 12.0. The van der Waals surface area contributed by atoms with Gasteiger partial charge in [0.15, 0.2) is 0 Å². The minimum Gasteiger partial charge on any atom is -0.395 e. The minimum atomic E-state index is -0.320. The molecule has 1 aromatic heterocycles. The van der Waals surface area contributed by atoms with Crippen LogP contribution in [0.1, 0.15) is 28.7 Å². The molecule has 0 radical (unpaired) electrons. The lowest BCUT2D eigenvalue weighted by Crippen LogP contribution is -2.34. The van der Waals surface area contributed by atoms with Crippen molar-refractivity contribution in [2.24, 2.45) is 0 Å². The van der Waals surface area contributed by atoms with E-state index in [0.717, 1.165) is 28.1 Å². The highest BCUT2D eigenvalue weighted by Crippen LogP contribution is 2.23. The molecule has 0 unspecified atom stereocenters. The largest absolute Gasteiger partial charge is 0.395 e. The summed E-state index contributed by atoms with van der Waals surface area (Å²) in [6, 6.07) is 18.5. The first-order chi connectivity index (χ1) is 16.9. The lowest BCUT2D eigenvalue weighted by molar-refractivity contribution is -0.130. The molecule has 4 rings (SSSR count). The van der Waals surface area contributed by atoms with E-state index in [4.69, 9.17) is 5.11 Å². The Labute approximate surface area is 202 Å². The predicted molar refractivity (Wildman–Crippen MR) is 133 cm³/mol. The Hall–Kier alpha value is -4.04. The summed E-state index contributed by atoms with van der Waals surface area (Å²) >= 11 is 0. The molecule has 0 aliphatic rings. The van der Waals surface area contributed by atoms with E-state index in [1.165, 1.54) is 12.1 Å². The van der Waals surface area contributed by atoms with E-state index >= 15 is 0 Å². The summed E-state index contributed by atoms with van der Waals surface area (Å²) in [7, 11) is 0. The summed E-state index contributed by atoms with van der Waals surface area (Å²) in [4.78, 5) is 31.5. The Morgan fingerprint density at radius 3 is 2.43 bits per heavy atom. The number of aromatic nitrogens is 2. The van der Waals surface area contributed by atoms with E-state index in [-0.39, 0.29) is 30.7 Å². The number of amides is 2. The van der Waals surface area contributed by atoms with Crippen molar-refractivity contribution in [1.82, 2.24) is 14.5 Å². The number of halogens is 1. The van der Waals surface area contributed by atoms with Gasteiger partial charge in [-0.15, -0.1) is 0 Å². The molecule has 35 heavy (non-hydrogen) atoms. The molecule has 0 aliphatic carbocycles. The second-order valence-electron chi connectivity index (χ2n) is 8.20. The van der Waals surface area contributed by atoms with E-state index in [2.05, 4.69) is 10.3 Å². The number of nitrogens with one attached hydrogen (secondary N) is 1. The maximum absolute atomic E-state index is 13.4. The number of imidazole rings is 1. The Morgan fingerprint density at radius 1 is 1.06 bits per heavy atom. The zero-order chi connectivity index (χ0) is 24.9. The van der Waals surface area contributed by atoms with Gasteiger partial charge in [-0.1, -0.05) is 12.1 Å². The third-order valence-corrected chi connectivity index (χ3v) is 5.84. The van der Waals surface area contributed by atoms with E-state index in [1.54, 1.807) is 59.5 Å². The van der Waals surface area contributed by atoms with E-state index in [1.807, 2.05) is 18.4 Å². The topological polar surface area (TPSA) is 87.5 Å². The number of anilines is 1. The summed E-state index contributed by atoms with van der Waals surface area (Å²) in [5.74, 6) is 0.0779. The number of hydrogen-bond donors (Lipinski definition) is 2. The normalized spacial score (nSPS) is 11.0. The molecule has 3 aromatic carbocycles. The second kappa shape index (κ2) is 10.5. The molecule has 1 heterocycles. The monoisotopic (exact) mass is 474 g/mol. The Morgan fingerprint density at radius 2 is 1.77 bits per heavy atom. The average Bonchev–Trinajstić information content (AvgIpc) is 3.19. The van der Waals surface area contributed by atoms with Gasteiger partial charge in [0.1, 0.15) is 11.6 Å². The number of hydrogen-bond acceptors (Lipinski definition) is 4. The number of likely N-dealkylation sites (N-methyl/N-ethyl adjacent to an activating group) is 1. The first-order valence-electron chi connectivity index (χ1n) is 11.4. The number of aliphatic hydroxyl groups excluding tert-OH is 1. The summed E-state index contributed by atoms with van der Waals surface area (Å²) in [6.07, 6.45) is 0.228. The van der Waals surface area contributed by atoms with Crippen LogP contribution in [-0.4, -0.2) is 51.1 Å². The third kappa shape index (κ3) is 5.38. The van der Waals surface area contributed by atoms with Crippen LogP contribution < -0.4 is 5.32 Å². The maximum atomic E-state index is 13.4. The van der Waals surface area contributed by atoms with Crippen LogP contribution in [0, 0.1) is 12.7 Å². The van der Waals surface area contributed by atoms with Crippen LogP contribution >= 0.6 is 0 Å². The molecule has 0 bridgehead atoms. The zero-order valence-electron chi connectivity index (χ0n) is 19.7. The number of fused-ring (bicyclic) bond motifs is 1. The molecule has 0 saturated heterocycles. The number of carbonyl (C=O) groups excluding carboxylic acids is 2. The zero-order valence-corrected chi connectivity index (χ0v) is 19.7. The van der Waals surface area contributed by atoms with Crippen molar-refractivity contribution in [3.05, 3.63) is 89.5 Å². The highest BCUT2D eigenvalue weighted by molar-refractivity contribution is 6.06. The standard InChI is InChI=1S/C27H27FN4O3/c1-3-31(14-15-33)26(34)16-19-4-9-22(10-5-19)30-27(35)20-6-13-24-25(17-20)32(18(2)29-24)23-11-7-21(28)8-12-23/h4-13,17,33H,3,14-16H2,1-2H3,(H,30,35). The number of rotatable bonds is 8. The number of aliphatic hydroxyl groups is 1. The van der Waals surface area contributed by atoms with Gasteiger partial charge < -0.3 is 15.3 Å². The molecule has 0 atom stereocenters. The first kappa shape index (κ1) is 24.1. The molecule has 0 aliphatic heterocycles. The quantitative estimate of drug-likeness (QED) is 0.402. The molecule has 0 spiro atoms. The fourth-order valence-corrected chi connectivity index (χ4v) is 4.03. The Balaban J connectivity index is 1.50. The number of aryl methyl sites for hydroxylation is 1. The van der Waals surface area contributed by atoms with Gasteiger partial charge in [0, 0.05) is 30.0 Å². The van der Waals surface area contributed by atoms with Crippen molar-refractivity contribution in [2.75, 3.05) is 25.0 Å². The summed E-state index contributed by atoms with van der Waals surface area (Å²) in [5.41, 5.74) is 4.14. The summed E-state index contributed by atoms with van der Waals surface area (Å²) < 4.78 is 15.3. The Kier molecular flexibility index (Phi) is 7.22. The van der Waals surface area contributed by atoms with Gasteiger partial charge in [0.25, 0.3) is 5.91 Å². The molecular formula is C27H27FN4O3. The van der Waals surface area contributed by atoms with E-state index < -0.39 is 0 Å². The van der Waals surface area contributed by atoms with Gasteiger partial charge in [-0.3, -0.25) is 14.2 Å². The minimum absolute atomic E-state index is 0.0558. The van der Waals surface area contributed by atoms with Crippen LogP contribution in [0.15, 0.2) is 66.7 Å². The maximum Gasteiger partial charge on any atom is 0.255 e. The average molecular weight is 475 g/mol. The molecule has 2 N–H and O–H groups in total. The number of nitrogens with zero attached hydrogens (tertiary/aromatic N) is 3. The molecular weight excluding hydrogens is 447 g/mol. The lowest BCUT2D eigenvalue weighted by atomic mass is 10.1. The van der Waals surface area contributed by atoms with Crippen LogP contribution in [0.3, 0.4) is 0 Å². The van der Waals surface area contributed by atoms with Crippen LogP contribution in [0.25, 0.3) is 16.7 Å². The first-order valence-corrected chi connectivity index (χ1v) is 11.4. The summed E-state index contributed by atoms with van der Waals surface area (Å²) in [6.45, 7) is 4.52. The lowest BCUT2D eigenvalue weighted by Gasteiger charge is -2.19. The van der Waals surface area contributed by atoms with Crippen LogP contribution in [0.4, 0.5) is 10.1 Å². The third-order valence-electron chi connectivity index (χ3n) is 5.84. The van der Waals surface area contributed by atoms with Gasteiger partial charge in [-0.2, -0.15) is 0 Å². The molecule has 4 aromatic rings. The van der Waals surface area contributed by atoms with Crippen molar-refractivity contribution >= 4 is 28.5 Å². The van der Waals surface area contributed by atoms with Gasteiger partial charge >= 0.3 is 0 Å². The van der Waals surface area contributed by atoms with Crippen molar-refractivity contribution in [2.45, 2.75) is 20.3 Å². The van der Waals surface area contributed by atoms with Crippen molar-refractivity contribution < 1.29 is 19.1 Å². The van der Waals surface area contributed by atoms with Crippen molar-refractivity contribution in [1.29, 1.82) is 0 Å².